The lowest BCUT2D eigenvalue weighted by molar-refractivity contribution is -0.0506. The van der Waals surface area contributed by atoms with Crippen molar-refractivity contribution in [3.63, 3.8) is 0 Å². The van der Waals surface area contributed by atoms with Crippen LogP contribution < -0.4 is 10.5 Å². The Bertz CT molecular complexity index is 312. The van der Waals surface area contributed by atoms with E-state index in [4.69, 9.17) is 5.73 Å². The number of ether oxygens (including phenoxy) is 1. The molecule has 6 heteroatoms. The van der Waals surface area contributed by atoms with Crippen LogP contribution in [0.2, 0.25) is 0 Å². The van der Waals surface area contributed by atoms with Gasteiger partial charge in [0.1, 0.15) is 5.75 Å². The number of para-hydroxylation sites is 1. The zero-order chi connectivity index (χ0) is 11.3. The summed E-state index contributed by atoms with van der Waals surface area (Å²) >= 11 is 0. The Morgan fingerprint density at radius 1 is 1.25 bits per heavy atom. The number of alkyl halides is 3. The Hall–Kier alpha value is -0.940. The summed E-state index contributed by atoms with van der Waals surface area (Å²) in [4.78, 5) is 0. The summed E-state index contributed by atoms with van der Waals surface area (Å²) in [6.45, 7) is -3.49. The van der Waals surface area contributed by atoms with Crippen LogP contribution >= 0.6 is 12.4 Å². The van der Waals surface area contributed by atoms with Gasteiger partial charge >= 0.3 is 6.61 Å². The highest BCUT2D eigenvalue weighted by Gasteiger charge is 2.14. The molecule has 16 heavy (non-hydrogen) atoms. The molecule has 0 radical (unpaired) electrons. The number of hydrogen-bond donors (Lipinski definition) is 1. The fourth-order valence-electron chi connectivity index (χ4n) is 1.26. The molecule has 0 unspecified atom stereocenters. The first-order valence-electron chi connectivity index (χ1n) is 4.50. The third-order valence-electron chi connectivity index (χ3n) is 1.95. The van der Waals surface area contributed by atoms with E-state index in [1.165, 1.54) is 6.07 Å². The predicted octanol–water partition coefficient (Wildman–Crippen LogP) is 3.07. The van der Waals surface area contributed by atoms with E-state index in [0.717, 1.165) is 0 Å². The van der Waals surface area contributed by atoms with Crippen molar-refractivity contribution in [1.82, 2.24) is 0 Å². The molecule has 1 rings (SSSR count). The molecule has 0 spiro atoms. The maximum atomic E-state index is 12.1. The molecule has 92 valence electrons. The van der Waals surface area contributed by atoms with Gasteiger partial charge in [-0.15, -0.1) is 12.4 Å². The molecule has 1 aromatic carbocycles. The summed E-state index contributed by atoms with van der Waals surface area (Å²) < 4.78 is 40.4. The summed E-state index contributed by atoms with van der Waals surface area (Å²) in [6, 6.07) is 5.53. The van der Waals surface area contributed by atoms with Gasteiger partial charge in [0.05, 0.1) is 6.67 Å². The van der Waals surface area contributed by atoms with Crippen molar-refractivity contribution in [3.05, 3.63) is 29.8 Å². The summed E-state index contributed by atoms with van der Waals surface area (Å²) in [5.74, 6) is 0.00782. The van der Waals surface area contributed by atoms with Crippen LogP contribution in [0, 0.1) is 0 Å². The molecule has 0 saturated carbocycles. The zero-order valence-electron chi connectivity index (χ0n) is 8.41. The van der Waals surface area contributed by atoms with Crippen LogP contribution in [-0.4, -0.2) is 13.3 Å². The molecule has 2 N–H and O–H groups in total. The summed E-state index contributed by atoms with van der Waals surface area (Å²) in [6.07, 6.45) is 0.0869. The first-order chi connectivity index (χ1) is 7.15. The van der Waals surface area contributed by atoms with Gasteiger partial charge in [-0.2, -0.15) is 8.78 Å². The van der Waals surface area contributed by atoms with Crippen molar-refractivity contribution in [1.29, 1.82) is 0 Å². The topological polar surface area (TPSA) is 35.2 Å². The summed E-state index contributed by atoms with van der Waals surface area (Å²) in [5.41, 5.74) is 6.02. The molecule has 0 saturated heterocycles. The maximum absolute atomic E-state index is 12.1. The Morgan fingerprint density at radius 3 is 2.44 bits per heavy atom. The molecule has 1 aromatic rings. The van der Waals surface area contributed by atoms with Crippen molar-refractivity contribution in [2.75, 3.05) is 6.67 Å². The molecule has 0 aliphatic rings. The SMILES string of the molecule is Cl.N[C@@H](CCF)c1ccccc1OC(F)F. The van der Waals surface area contributed by atoms with Crippen molar-refractivity contribution < 1.29 is 17.9 Å². The van der Waals surface area contributed by atoms with Gasteiger partial charge in [-0.05, 0) is 12.5 Å². The first-order valence-corrected chi connectivity index (χ1v) is 4.50. The van der Waals surface area contributed by atoms with Crippen molar-refractivity contribution in [3.8, 4) is 5.75 Å². The highest BCUT2D eigenvalue weighted by molar-refractivity contribution is 5.85. The molecule has 2 nitrogen and oxygen atoms in total. The van der Waals surface area contributed by atoms with Crippen LogP contribution in [0.5, 0.6) is 5.75 Å². The van der Waals surface area contributed by atoms with Crippen molar-refractivity contribution in [2.24, 2.45) is 5.73 Å². The van der Waals surface area contributed by atoms with Crippen molar-refractivity contribution in [2.45, 2.75) is 19.1 Å². The van der Waals surface area contributed by atoms with Gasteiger partial charge in [0, 0.05) is 11.6 Å². The second-order valence-corrected chi connectivity index (χ2v) is 3.00. The van der Waals surface area contributed by atoms with Crippen LogP contribution in [-0.2, 0) is 0 Å². The molecule has 1 atom stereocenters. The quantitative estimate of drug-likeness (QED) is 0.878. The van der Waals surface area contributed by atoms with E-state index in [1.54, 1.807) is 18.2 Å². The lowest BCUT2D eigenvalue weighted by atomic mass is 10.0. The number of halogens is 4. The Labute approximate surface area is 98.0 Å². The van der Waals surface area contributed by atoms with Crippen LogP contribution in [0.3, 0.4) is 0 Å². The molecule has 0 amide bonds. The van der Waals surface area contributed by atoms with E-state index in [2.05, 4.69) is 4.74 Å². The highest BCUT2D eigenvalue weighted by Crippen LogP contribution is 2.26. The molecule has 0 aliphatic carbocycles. The van der Waals surface area contributed by atoms with E-state index in [-0.39, 0.29) is 24.6 Å². The van der Waals surface area contributed by atoms with Crippen LogP contribution in [0.1, 0.15) is 18.0 Å². The fourth-order valence-corrected chi connectivity index (χ4v) is 1.26. The van der Waals surface area contributed by atoms with E-state index in [0.29, 0.717) is 5.56 Å². The average Bonchev–Trinajstić information content (AvgIpc) is 2.18. The minimum absolute atomic E-state index is 0. The van der Waals surface area contributed by atoms with Gasteiger partial charge in [0.2, 0.25) is 0 Å². The van der Waals surface area contributed by atoms with Crippen LogP contribution in [0.4, 0.5) is 13.2 Å². The second kappa shape index (κ2) is 7.35. The van der Waals surface area contributed by atoms with Gasteiger partial charge in [0.15, 0.2) is 0 Å². The summed E-state index contributed by atoms with van der Waals surface area (Å²) in [7, 11) is 0. The van der Waals surface area contributed by atoms with Gasteiger partial charge < -0.3 is 10.5 Å². The normalized spacial score (nSPS) is 12.1. The number of rotatable bonds is 5. The van der Waals surface area contributed by atoms with E-state index < -0.39 is 19.3 Å². The van der Waals surface area contributed by atoms with E-state index in [1.807, 2.05) is 0 Å². The van der Waals surface area contributed by atoms with E-state index in [9.17, 15) is 13.2 Å². The molecule has 0 heterocycles. The minimum Gasteiger partial charge on any atom is -0.434 e. The Kier molecular flexibility index (Phi) is 6.92. The van der Waals surface area contributed by atoms with Crippen LogP contribution in [0.15, 0.2) is 24.3 Å². The predicted molar refractivity (Wildman–Crippen MR) is 57.8 cm³/mol. The minimum atomic E-state index is -2.90. The van der Waals surface area contributed by atoms with Crippen LogP contribution in [0.25, 0.3) is 0 Å². The molecule has 0 fully saturated rings. The van der Waals surface area contributed by atoms with Crippen molar-refractivity contribution >= 4 is 12.4 Å². The third kappa shape index (κ3) is 4.28. The molecular formula is C10H13ClF3NO. The zero-order valence-corrected chi connectivity index (χ0v) is 9.22. The molecule has 0 aromatic heterocycles. The smallest absolute Gasteiger partial charge is 0.387 e. The average molecular weight is 256 g/mol. The molecule has 0 aliphatic heterocycles. The van der Waals surface area contributed by atoms with E-state index >= 15 is 0 Å². The second-order valence-electron chi connectivity index (χ2n) is 3.00. The lowest BCUT2D eigenvalue weighted by Crippen LogP contribution is -2.14. The fraction of sp³-hybridized carbons (Fsp3) is 0.400. The number of benzene rings is 1. The standard InChI is InChI=1S/C10H12F3NO.ClH/c11-6-5-8(14)7-3-1-2-4-9(7)15-10(12)13;/h1-4,8,10H,5-6,14H2;1H/t8-;/m0./s1. The van der Waals surface area contributed by atoms with Gasteiger partial charge in [-0.3, -0.25) is 4.39 Å². The largest absolute Gasteiger partial charge is 0.434 e. The lowest BCUT2D eigenvalue weighted by Gasteiger charge is -2.15. The number of hydrogen-bond acceptors (Lipinski definition) is 2. The first kappa shape index (κ1) is 15.1. The van der Waals surface area contributed by atoms with Gasteiger partial charge in [-0.1, -0.05) is 18.2 Å². The molecule has 0 bridgehead atoms. The van der Waals surface area contributed by atoms with Gasteiger partial charge in [0.25, 0.3) is 0 Å². The third-order valence-corrected chi connectivity index (χ3v) is 1.95. The summed E-state index contributed by atoms with van der Waals surface area (Å²) in [5, 5.41) is 0. The van der Waals surface area contributed by atoms with Gasteiger partial charge in [-0.25, -0.2) is 0 Å². The molecular weight excluding hydrogens is 243 g/mol. The Balaban J connectivity index is 0.00000225. The number of nitrogens with two attached hydrogens (primary N) is 1. The Morgan fingerprint density at radius 2 is 1.88 bits per heavy atom. The highest BCUT2D eigenvalue weighted by atomic mass is 35.5. The maximum Gasteiger partial charge on any atom is 0.387 e. The monoisotopic (exact) mass is 255 g/mol.